The Morgan fingerprint density at radius 1 is 0.868 bits per heavy atom. The van der Waals surface area contributed by atoms with Crippen molar-refractivity contribution >= 4 is 27.5 Å². The van der Waals surface area contributed by atoms with Crippen molar-refractivity contribution in [3.05, 3.63) is 95.6 Å². The van der Waals surface area contributed by atoms with Crippen LogP contribution in [0.3, 0.4) is 0 Å². The summed E-state index contributed by atoms with van der Waals surface area (Å²) in [6.07, 6.45) is 0.981. The number of nitrogens with zero attached hydrogens (tertiary/aromatic N) is 2. The molecule has 1 atom stereocenters. The van der Waals surface area contributed by atoms with Crippen molar-refractivity contribution in [1.82, 2.24) is 10.2 Å². The van der Waals surface area contributed by atoms with E-state index in [2.05, 4.69) is 5.32 Å². The van der Waals surface area contributed by atoms with Gasteiger partial charge >= 0.3 is 0 Å². The highest BCUT2D eigenvalue weighted by Crippen LogP contribution is 2.28. The average molecular weight is 536 g/mol. The molecule has 3 aromatic rings. The van der Waals surface area contributed by atoms with E-state index in [0.717, 1.165) is 16.7 Å². The molecule has 0 aliphatic carbocycles. The standard InChI is InChI=1S/C30H37N3O4S/c1-5-25-13-11-12-16-28(25)33(38(36,37)26-14-9-8-10-15-26)22-29(34)32(27(6-2)30(35)31-7-3)21-24-19-17-23(4)18-20-24/h8-20,27H,5-7,21-22H2,1-4H3,(H,31,35). The smallest absolute Gasteiger partial charge is 0.264 e. The maximum Gasteiger partial charge on any atom is 0.264 e. The van der Waals surface area contributed by atoms with Crippen LogP contribution in [0.2, 0.25) is 0 Å². The Labute approximate surface area is 226 Å². The van der Waals surface area contributed by atoms with Gasteiger partial charge in [0.2, 0.25) is 11.8 Å². The van der Waals surface area contributed by atoms with Crippen molar-refractivity contribution < 1.29 is 18.0 Å². The van der Waals surface area contributed by atoms with Gasteiger partial charge in [-0.3, -0.25) is 13.9 Å². The third kappa shape index (κ3) is 6.81. The van der Waals surface area contributed by atoms with Crippen LogP contribution in [-0.2, 0) is 32.6 Å². The predicted octanol–water partition coefficient (Wildman–Crippen LogP) is 4.70. The first-order valence-electron chi connectivity index (χ1n) is 13.0. The van der Waals surface area contributed by atoms with Crippen molar-refractivity contribution in [1.29, 1.82) is 0 Å². The number of hydrogen-bond acceptors (Lipinski definition) is 4. The molecule has 2 amide bonds. The number of benzene rings is 3. The average Bonchev–Trinajstić information content (AvgIpc) is 2.93. The maximum atomic E-state index is 14.0. The first-order valence-corrected chi connectivity index (χ1v) is 14.4. The van der Waals surface area contributed by atoms with Gasteiger partial charge in [0.1, 0.15) is 12.6 Å². The van der Waals surface area contributed by atoms with E-state index in [1.165, 1.54) is 21.3 Å². The van der Waals surface area contributed by atoms with Gasteiger partial charge < -0.3 is 10.2 Å². The Bertz CT molecular complexity index is 1330. The molecule has 7 nitrogen and oxygen atoms in total. The fourth-order valence-electron chi connectivity index (χ4n) is 4.39. The van der Waals surface area contributed by atoms with Gasteiger partial charge in [0, 0.05) is 13.1 Å². The number of carbonyl (C=O) groups excluding carboxylic acids is 2. The van der Waals surface area contributed by atoms with E-state index >= 15 is 0 Å². The summed E-state index contributed by atoms with van der Waals surface area (Å²) in [5, 5.41) is 2.82. The summed E-state index contributed by atoms with van der Waals surface area (Å²) >= 11 is 0. The van der Waals surface area contributed by atoms with E-state index in [0.29, 0.717) is 25.1 Å². The van der Waals surface area contributed by atoms with Crippen LogP contribution in [0.25, 0.3) is 0 Å². The molecule has 202 valence electrons. The molecule has 3 aromatic carbocycles. The molecular formula is C30H37N3O4S. The van der Waals surface area contributed by atoms with Gasteiger partial charge in [-0.15, -0.1) is 0 Å². The van der Waals surface area contributed by atoms with E-state index in [1.54, 1.807) is 30.3 Å². The summed E-state index contributed by atoms with van der Waals surface area (Å²) in [7, 11) is -4.07. The van der Waals surface area contributed by atoms with Gasteiger partial charge in [0.15, 0.2) is 0 Å². The van der Waals surface area contributed by atoms with Gasteiger partial charge in [-0.1, -0.05) is 80.1 Å². The second-order valence-corrected chi connectivity index (χ2v) is 11.0. The summed E-state index contributed by atoms with van der Waals surface area (Å²) in [6.45, 7) is 7.78. The van der Waals surface area contributed by atoms with Gasteiger partial charge in [-0.2, -0.15) is 0 Å². The lowest BCUT2D eigenvalue weighted by Crippen LogP contribution is -2.52. The minimum Gasteiger partial charge on any atom is -0.355 e. The first-order chi connectivity index (χ1) is 18.2. The zero-order chi connectivity index (χ0) is 27.7. The zero-order valence-electron chi connectivity index (χ0n) is 22.6. The lowest BCUT2D eigenvalue weighted by Gasteiger charge is -2.33. The van der Waals surface area contributed by atoms with E-state index in [1.807, 2.05) is 64.1 Å². The molecular weight excluding hydrogens is 498 g/mol. The summed E-state index contributed by atoms with van der Waals surface area (Å²) in [5.41, 5.74) is 3.20. The van der Waals surface area contributed by atoms with Crippen LogP contribution < -0.4 is 9.62 Å². The number of rotatable bonds is 12. The van der Waals surface area contributed by atoms with Crippen molar-refractivity contribution in [2.45, 2.75) is 58.0 Å². The third-order valence-corrected chi connectivity index (χ3v) is 8.24. The second-order valence-electron chi connectivity index (χ2n) is 9.13. The van der Waals surface area contributed by atoms with Crippen LogP contribution >= 0.6 is 0 Å². The molecule has 0 saturated heterocycles. The van der Waals surface area contributed by atoms with Crippen LogP contribution in [0.15, 0.2) is 83.8 Å². The molecule has 3 rings (SSSR count). The van der Waals surface area contributed by atoms with E-state index in [-0.39, 0.29) is 17.3 Å². The second kappa shape index (κ2) is 13.2. The molecule has 1 unspecified atom stereocenters. The number of hydrogen-bond donors (Lipinski definition) is 1. The number of para-hydroxylation sites is 1. The number of amides is 2. The van der Waals surface area contributed by atoms with Gasteiger partial charge in [-0.05, 0) is 56.0 Å². The van der Waals surface area contributed by atoms with Crippen molar-refractivity contribution in [3.63, 3.8) is 0 Å². The molecule has 8 heteroatoms. The van der Waals surface area contributed by atoms with Crippen LogP contribution in [0.5, 0.6) is 0 Å². The number of sulfonamides is 1. The predicted molar refractivity (Wildman–Crippen MR) is 151 cm³/mol. The number of carbonyl (C=O) groups is 2. The van der Waals surface area contributed by atoms with E-state index < -0.39 is 28.5 Å². The van der Waals surface area contributed by atoms with Gasteiger partial charge in [0.25, 0.3) is 10.0 Å². The van der Waals surface area contributed by atoms with Crippen LogP contribution in [0.4, 0.5) is 5.69 Å². The minimum atomic E-state index is -4.07. The molecule has 0 aliphatic heterocycles. The van der Waals surface area contributed by atoms with Gasteiger partial charge in [-0.25, -0.2) is 8.42 Å². The molecule has 0 bridgehead atoms. The molecule has 0 radical (unpaired) electrons. The fraction of sp³-hybridized carbons (Fsp3) is 0.333. The Morgan fingerprint density at radius 3 is 2.11 bits per heavy atom. The van der Waals surface area contributed by atoms with Crippen LogP contribution in [-0.4, -0.2) is 44.3 Å². The number of aryl methyl sites for hydroxylation is 2. The Balaban J connectivity index is 2.08. The van der Waals surface area contributed by atoms with Crippen LogP contribution in [0, 0.1) is 6.92 Å². The SMILES string of the molecule is CCNC(=O)C(CC)N(Cc1ccc(C)cc1)C(=O)CN(c1ccccc1CC)S(=O)(=O)c1ccccc1. The molecule has 0 fully saturated rings. The Hall–Kier alpha value is -3.65. The Kier molecular flexibility index (Phi) is 10.1. The van der Waals surface area contributed by atoms with Crippen molar-refractivity contribution in [2.24, 2.45) is 0 Å². The number of nitrogens with one attached hydrogen (secondary N) is 1. The number of anilines is 1. The molecule has 0 aliphatic rings. The number of likely N-dealkylation sites (N-methyl/N-ethyl adjacent to an activating group) is 1. The lowest BCUT2D eigenvalue weighted by molar-refractivity contribution is -0.140. The largest absolute Gasteiger partial charge is 0.355 e. The zero-order valence-corrected chi connectivity index (χ0v) is 23.4. The highest BCUT2D eigenvalue weighted by atomic mass is 32.2. The molecule has 0 spiro atoms. The van der Waals surface area contributed by atoms with Crippen molar-refractivity contribution in [3.8, 4) is 0 Å². The van der Waals surface area contributed by atoms with E-state index in [4.69, 9.17) is 0 Å². The minimum absolute atomic E-state index is 0.0968. The molecule has 0 saturated carbocycles. The summed E-state index contributed by atoms with van der Waals surface area (Å²) in [5.74, 6) is -0.712. The summed E-state index contributed by atoms with van der Waals surface area (Å²) in [6, 6.07) is 22.3. The molecule has 0 heterocycles. The van der Waals surface area contributed by atoms with E-state index in [9.17, 15) is 18.0 Å². The normalized spacial score (nSPS) is 12.0. The first kappa shape index (κ1) is 28.9. The fourth-order valence-corrected chi connectivity index (χ4v) is 5.86. The summed E-state index contributed by atoms with van der Waals surface area (Å²) < 4.78 is 29.0. The topological polar surface area (TPSA) is 86.8 Å². The Morgan fingerprint density at radius 2 is 1.50 bits per heavy atom. The molecule has 0 aromatic heterocycles. The highest BCUT2D eigenvalue weighted by Gasteiger charge is 2.34. The maximum absolute atomic E-state index is 14.0. The molecule has 1 N–H and O–H groups in total. The van der Waals surface area contributed by atoms with Crippen molar-refractivity contribution in [2.75, 3.05) is 17.4 Å². The summed E-state index contributed by atoms with van der Waals surface area (Å²) in [4.78, 5) is 28.6. The van der Waals surface area contributed by atoms with Gasteiger partial charge in [0.05, 0.1) is 10.6 Å². The molecule has 38 heavy (non-hydrogen) atoms. The highest BCUT2D eigenvalue weighted by molar-refractivity contribution is 7.92. The van der Waals surface area contributed by atoms with Crippen LogP contribution in [0.1, 0.15) is 43.9 Å². The monoisotopic (exact) mass is 535 g/mol. The quantitative estimate of drug-likeness (QED) is 0.364. The lowest BCUT2D eigenvalue weighted by atomic mass is 10.1. The third-order valence-electron chi connectivity index (χ3n) is 6.46.